The molecule has 1 aromatic rings. The first-order valence-corrected chi connectivity index (χ1v) is 6.23. The third-order valence-corrected chi connectivity index (χ3v) is 3.76. The molecule has 2 aliphatic rings. The van der Waals surface area contributed by atoms with Crippen molar-refractivity contribution in [3.8, 4) is 0 Å². The quantitative estimate of drug-likeness (QED) is 0.852. The summed E-state index contributed by atoms with van der Waals surface area (Å²) in [5.74, 6) is 0.227. The van der Waals surface area contributed by atoms with Gasteiger partial charge in [-0.3, -0.25) is 0 Å². The molecule has 3 unspecified atom stereocenters. The lowest BCUT2D eigenvalue weighted by Gasteiger charge is -2.17. The van der Waals surface area contributed by atoms with Gasteiger partial charge in [-0.1, -0.05) is 18.2 Å². The molecule has 2 heterocycles. The molecule has 92 valence electrons. The summed E-state index contributed by atoms with van der Waals surface area (Å²) in [5.41, 5.74) is 3.46. The van der Waals surface area contributed by atoms with Crippen LogP contribution in [0.4, 0.5) is 0 Å². The van der Waals surface area contributed by atoms with Gasteiger partial charge in [0.05, 0.1) is 32.0 Å². The maximum absolute atomic E-state index is 10.3. The van der Waals surface area contributed by atoms with Gasteiger partial charge in [0, 0.05) is 5.92 Å². The van der Waals surface area contributed by atoms with Crippen LogP contribution in [0, 0.1) is 5.92 Å². The van der Waals surface area contributed by atoms with E-state index in [0.29, 0.717) is 19.8 Å². The summed E-state index contributed by atoms with van der Waals surface area (Å²) < 4.78 is 10.9. The molecule has 1 N–H and O–H groups in total. The van der Waals surface area contributed by atoms with Crippen LogP contribution in [0.3, 0.4) is 0 Å². The molecular weight excluding hydrogens is 216 g/mol. The molecule has 2 aliphatic heterocycles. The van der Waals surface area contributed by atoms with Gasteiger partial charge in [-0.15, -0.1) is 0 Å². The Labute approximate surface area is 101 Å². The number of hydrogen-bond acceptors (Lipinski definition) is 3. The number of aliphatic hydroxyl groups is 1. The fourth-order valence-electron chi connectivity index (χ4n) is 2.72. The van der Waals surface area contributed by atoms with Crippen LogP contribution in [0.5, 0.6) is 0 Å². The van der Waals surface area contributed by atoms with Crippen LogP contribution in [0.1, 0.15) is 36.1 Å². The van der Waals surface area contributed by atoms with E-state index in [4.69, 9.17) is 9.47 Å². The number of benzene rings is 1. The number of hydrogen-bond donors (Lipinski definition) is 1. The first kappa shape index (κ1) is 11.2. The van der Waals surface area contributed by atoms with Gasteiger partial charge in [-0.2, -0.15) is 0 Å². The lowest BCUT2D eigenvalue weighted by Crippen LogP contribution is -2.13. The van der Waals surface area contributed by atoms with Gasteiger partial charge in [0.15, 0.2) is 0 Å². The molecule has 3 rings (SSSR count). The molecule has 1 fully saturated rings. The van der Waals surface area contributed by atoms with Crippen molar-refractivity contribution in [2.45, 2.75) is 38.8 Å². The van der Waals surface area contributed by atoms with E-state index in [9.17, 15) is 5.11 Å². The van der Waals surface area contributed by atoms with Crippen LogP contribution in [0.2, 0.25) is 0 Å². The molecule has 0 spiro atoms. The number of ether oxygens (including phenoxy) is 2. The van der Waals surface area contributed by atoms with Gasteiger partial charge in [0.25, 0.3) is 0 Å². The highest BCUT2D eigenvalue weighted by atomic mass is 16.5. The monoisotopic (exact) mass is 234 g/mol. The van der Waals surface area contributed by atoms with Crippen molar-refractivity contribution in [1.82, 2.24) is 0 Å². The van der Waals surface area contributed by atoms with Crippen molar-refractivity contribution in [3.63, 3.8) is 0 Å². The molecule has 1 aromatic carbocycles. The zero-order valence-electron chi connectivity index (χ0n) is 10.1. The maximum atomic E-state index is 10.3. The zero-order chi connectivity index (χ0) is 11.8. The average molecular weight is 234 g/mol. The zero-order valence-corrected chi connectivity index (χ0v) is 10.1. The van der Waals surface area contributed by atoms with E-state index < -0.39 is 6.10 Å². The molecule has 0 bridgehead atoms. The van der Waals surface area contributed by atoms with Crippen molar-refractivity contribution in [1.29, 1.82) is 0 Å². The lowest BCUT2D eigenvalue weighted by atomic mass is 9.92. The van der Waals surface area contributed by atoms with Crippen molar-refractivity contribution < 1.29 is 14.6 Å². The highest BCUT2D eigenvalue weighted by Crippen LogP contribution is 2.33. The van der Waals surface area contributed by atoms with Crippen LogP contribution < -0.4 is 0 Å². The summed E-state index contributed by atoms with van der Waals surface area (Å²) in [5, 5.41) is 10.3. The molecule has 0 amide bonds. The summed E-state index contributed by atoms with van der Waals surface area (Å²) in [6, 6.07) is 6.16. The van der Waals surface area contributed by atoms with Gasteiger partial charge in [-0.05, 0) is 30.0 Å². The average Bonchev–Trinajstić information content (AvgIpc) is 2.95. The van der Waals surface area contributed by atoms with E-state index in [-0.39, 0.29) is 12.0 Å². The van der Waals surface area contributed by atoms with Crippen molar-refractivity contribution in [2.75, 3.05) is 6.61 Å². The smallest absolute Gasteiger partial charge is 0.0841 e. The van der Waals surface area contributed by atoms with Gasteiger partial charge in [-0.25, -0.2) is 0 Å². The van der Waals surface area contributed by atoms with E-state index in [0.717, 1.165) is 12.0 Å². The normalized spacial score (nSPS) is 29.3. The van der Waals surface area contributed by atoms with Crippen LogP contribution in [0.25, 0.3) is 0 Å². The van der Waals surface area contributed by atoms with Crippen LogP contribution >= 0.6 is 0 Å². The summed E-state index contributed by atoms with van der Waals surface area (Å²) in [6.07, 6.45) is 0.799. The summed E-state index contributed by atoms with van der Waals surface area (Å²) in [4.78, 5) is 0. The second-order valence-corrected chi connectivity index (χ2v) is 5.11. The van der Waals surface area contributed by atoms with Gasteiger partial charge >= 0.3 is 0 Å². The molecule has 17 heavy (non-hydrogen) atoms. The Balaban J connectivity index is 1.79. The summed E-state index contributed by atoms with van der Waals surface area (Å²) in [6.45, 7) is 4.10. The van der Waals surface area contributed by atoms with E-state index in [2.05, 4.69) is 19.1 Å². The second-order valence-electron chi connectivity index (χ2n) is 5.11. The Morgan fingerprint density at radius 1 is 1.29 bits per heavy atom. The van der Waals surface area contributed by atoms with E-state index in [1.165, 1.54) is 11.1 Å². The Morgan fingerprint density at radius 2 is 2.12 bits per heavy atom. The third kappa shape index (κ3) is 2.10. The predicted molar refractivity (Wildman–Crippen MR) is 63.4 cm³/mol. The molecule has 0 aromatic heterocycles. The molecule has 0 saturated carbocycles. The van der Waals surface area contributed by atoms with Crippen LogP contribution in [-0.4, -0.2) is 17.8 Å². The van der Waals surface area contributed by atoms with Gasteiger partial charge < -0.3 is 14.6 Å². The maximum Gasteiger partial charge on any atom is 0.0841 e. The Bertz CT molecular complexity index is 416. The van der Waals surface area contributed by atoms with E-state index in [1.54, 1.807) is 0 Å². The highest BCUT2D eigenvalue weighted by Gasteiger charge is 2.29. The summed E-state index contributed by atoms with van der Waals surface area (Å²) in [7, 11) is 0. The van der Waals surface area contributed by atoms with Gasteiger partial charge in [0.1, 0.15) is 0 Å². The van der Waals surface area contributed by atoms with Crippen molar-refractivity contribution >= 4 is 0 Å². The fourth-order valence-corrected chi connectivity index (χ4v) is 2.72. The number of rotatable bonds is 2. The Kier molecular flexibility index (Phi) is 2.90. The summed E-state index contributed by atoms with van der Waals surface area (Å²) >= 11 is 0. The minimum absolute atomic E-state index is 0.227. The predicted octanol–water partition coefficient (Wildman–Crippen LogP) is 2.18. The minimum atomic E-state index is -0.411. The molecule has 0 radical (unpaired) electrons. The molecular formula is C14H18O3. The Morgan fingerprint density at radius 3 is 2.88 bits per heavy atom. The molecule has 3 nitrogen and oxygen atoms in total. The van der Waals surface area contributed by atoms with E-state index in [1.807, 2.05) is 6.07 Å². The second kappa shape index (κ2) is 4.41. The highest BCUT2D eigenvalue weighted by molar-refractivity contribution is 5.34. The lowest BCUT2D eigenvalue weighted by molar-refractivity contribution is 0.0803. The fraction of sp³-hybridized carbons (Fsp3) is 0.571. The first-order chi connectivity index (χ1) is 8.24. The molecule has 3 heteroatoms. The topological polar surface area (TPSA) is 38.7 Å². The Hall–Kier alpha value is -0.900. The van der Waals surface area contributed by atoms with Crippen molar-refractivity contribution in [3.05, 3.63) is 34.9 Å². The largest absolute Gasteiger partial charge is 0.388 e. The molecule has 0 aliphatic carbocycles. The third-order valence-electron chi connectivity index (χ3n) is 3.76. The number of fused-ring (bicyclic) bond motifs is 1. The van der Waals surface area contributed by atoms with Crippen LogP contribution in [0.15, 0.2) is 18.2 Å². The number of aliphatic hydroxyl groups excluding tert-OH is 1. The van der Waals surface area contributed by atoms with E-state index >= 15 is 0 Å². The van der Waals surface area contributed by atoms with Gasteiger partial charge in [0.2, 0.25) is 0 Å². The minimum Gasteiger partial charge on any atom is -0.388 e. The standard InChI is InChI=1S/C14H18O3/c1-9-4-13(8-17-9)14(15)10-2-3-11-6-16-7-12(11)5-10/h2-3,5,9,13-15H,4,6-8H2,1H3. The van der Waals surface area contributed by atoms with Crippen molar-refractivity contribution in [2.24, 2.45) is 5.92 Å². The first-order valence-electron chi connectivity index (χ1n) is 6.23. The van der Waals surface area contributed by atoms with Crippen LogP contribution in [-0.2, 0) is 22.7 Å². The molecule has 3 atom stereocenters. The molecule has 1 saturated heterocycles. The SMILES string of the molecule is CC1CC(C(O)c2ccc3c(c2)COC3)CO1.